The van der Waals surface area contributed by atoms with Gasteiger partial charge in [-0.1, -0.05) is 12.8 Å². The molecular weight excluding hydrogens is 252 g/mol. The van der Waals surface area contributed by atoms with E-state index < -0.39 is 10.0 Å². The molecule has 0 bridgehead atoms. The van der Waals surface area contributed by atoms with E-state index in [1.165, 1.54) is 25.7 Å². The monoisotopic (exact) mass is 274 g/mol. The Morgan fingerprint density at radius 2 is 1.89 bits per heavy atom. The van der Waals surface area contributed by atoms with Crippen LogP contribution in [0.15, 0.2) is 0 Å². The molecule has 104 valence electrons. The minimum atomic E-state index is -3.29. The lowest BCUT2D eigenvalue weighted by atomic mass is 9.83. The summed E-state index contributed by atoms with van der Waals surface area (Å²) in [4.78, 5) is 11.6. The first-order valence-corrected chi connectivity index (χ1v) is 8.57. The Bertz CT molecular complexity index is 404. The maximum Gasteiger partial charge on any atom is 0.235 e. The topological polar surface area (TPSA) is 75.3 Å². The number of amides is 1. The van der Waals surface area contributed by atoms with Crippen LogP contribution in [0.4, 0.5) is 0 Å². The van der Waals surface area contributed by atoms with Gasteiger partial charge in [-0.15, -0.1) is 0 Å². The van der Waals surface area contributed by atoms with Crippen molar-refractivity contribution in [1.82, 2.24) is 10.0 Å². The molecule has 18 heavy (non-hydrogen) atoms. The number of carbonyl (C=O) groups is 1. The Morgan fingerprint density at radius 3 is 2.50 bits per heavy atom. The van der Waals surface area contributed by atoms with E-state index in [1.807, 2.05) is 0 Å². The number of sulfonamides is 1. The second-order valence-electron chi connectivity index (χ2n) is 5.62. The Morgan fingerprint density at radius 1 is 1.17 bits per heavy atom. The molecule has 0 saturated heterocycles. The first-order chi connectivity index (χ1) is 8.44. The molecule has 2 atom stereocenters. The predicted octanol–water partition coefficient (Wildman–Crippen LogP) is 0.621. The molecular formula is C12H22N2O3S. The predicted molar refractivity (Wildman–Crippen MR) is 69.5 cm³/mol. The highest BCUT2D eigenvalue weighted by atomic mass is 32.2. The molecule has 2 aliphatic rings. The van der Waals surface area contributed by atoms with Crippen molar-refractivity contribution < 1.29 is 13.2 Å². The van der Waals surface area contributed by atoms with Crippen LogP contribution in [-0.2, 0) is 14.8 Å². The Hall–Kier alpha value is -0.620. The van der Waals surface area contributed by atoms with Gasteiger partial charge in [-0.25, -0.2) is 13.1 Å². The fraction of sp³-hybridized carbons (Fsp3) is 0.917. The van der Waals surface area contributed by atoms with E-state index in [0.29, 0.717) is 0 Å². The van der Waals surface area contributed by atoms with Crippen molar-refractivity contribution in [1.29, 1.82) is 0 Å². The van der Waals surface area contributed by atoms with Gasteiger partial charge in [0.1, 0.15) is 0 Å². The Labute approximate surface area is 109 Å². The van der Waals surface area contributed by atoms with Crippen molar-refractivity contribution in [3.05, 3.63) is 0 Å². The van der Waals surface area contributed by atoms with Crippen LogP contribution in [-0.4, -0.2) is 33.2 Å². The molecule has 2 fully saturated rings. The van der Waals surface area contributed by atoms with Gasteiger partial charge in [0.25, 0.3) is 0 Å². The summed E-state index contributed by atoms with van der Waals surface area (Å²) in [5.41, 5.74) is 0. The third-order valence-corrected chi connectivity index (χ3v) is 4.53. The standard InChI is InChI=1S/C12H22N2O3S/c1-18(16,17)13-8-12(15)14-11-4-2-3-10(7-11)9-5-6-9/h9-11,13H,2-8H2,1H3,(H,14,15). The van der Waals surface area contributed by atoms with Crippen LogP contribution in [0.3, 0.4) is 0 Å². The van der Waals surface area contributed by atoms with Gasteiger partial charge < -0.3 is 5.32 Å². The molecule has 0 radical (unpaired) electrons. The molecule has 0 spiro atoms. The fourth-order valence-corrected chi connectivity index (χ4v) is 3.22. The molecule has 2 N–H and O–H groups in total. The third kappa shape index (κ3) is 4.57. The van der Waals surface area contributed by atoms with Crippen molar-refractivity contribution in [3.8, 4) is 0 Å². The van der Waals surface area contributed by atoms with Crippen molar-refractivity contribution in [2.45, 2.75) is 44.6 Å². The molecule has 0 heterocycles. The van der Waals surface area contributed by atoms with Crippen molar-refractivity contribution >= 4 is 15.9 Å². The second-order valence-corrected chi connectivity index (χ2v) is 7.45. The summed E-state index contributed by atoms with van der Waals surface area (Å²) < 4.78 is 24.0. The van der Waals surface area contributed by atoms with Gasteiger partial charge in [0.15, 0.2) is 0 Å². The van der Waals surface area contributed by atoms with E-state index in [4.69, 9.17) is 0 Å². The number of rotatable bonds is 5. The second kappa shape index (κ2) is 5.57. The molecule has 0 aliphatic heterocycles. The van der Waals surface area contributed by atoms with Gasteiger partial charge in [0, 0.05) is 6.04 Å². The zero-order valence-electron chi connectivity index (χ0n) is 10.8. The number of carbonyl (C=O) groups excluding carboxylic acids is 1. The van der Waals surface area contributed by atoms with E-state index in [9.17, 15) is 13.2 Å². The van der Waals surface area contributed by atoms with Gasteiger partial charge in [0.2, 0.25) is 15.9 Å². The number of hydrogen-bond acceptors (Lipinski definition) is 3. The van der Waals surface area contributed by atoms with Gasteiger partial charge in [-0.3, -0.25) is 4.79 Å². The average molecular weight is 274 g/mol. The lowest BCUT2D eigenvalue weighted by Gasteiger charge is -2.29. The lowest BCUT2D eigenvalue weighted by Crippen LogP contribution is -2.43. The van der Waals surface area contributed by atoms with Gasteiger partial charge in [-0.05, 0) is 37.5 Å². The maximum absolute atomic E-state index is 11.6. The summed E-state index contributed by atoms with van der Waals surface area (Å²) >= 11 is 0. The highest BCUT2D eigenvalue weighted by Gasteiger charge is 2.34. The van der Waals surface area contributed by atoms with Crippen LogP contribution in [0.2, 0.25) is 0 Å². The zero-order valence-corrected chi connectivity index (χ0v) is 11.6. The minimum Gasteiger partial charge on any atom is -0.352 e. The first-order valence-electron chi connectivity index (χ1n) is 6.68. The van der Waals surface area contributed by atoms with E-state index in [2.05, 4.69) is 10.0 Å². The smallest absolute Gasteiger partial charge is 0.235 e. The van der Waals surface area contributed by atoms with E-state index in [-0.39, 0.29) is 18.5 Å². The van der Waals surface area contributed by atoms with Gasteiger partial charge in [0.05, 0.1) is 12.8 Å². The summed E-state index contributed by atoms with van der Waals surface area (Å²) in [6, 6.07) is 0.234. The molecule has 2 unspecified atom stereocenters. The number of hydrogen-bond donors (Lipinski definition) is 2. The van der Waals surface area contributed by atoms with Crippen molar-refractivity contribution in [2.24, 2.45) is 11.8 Å². The number of nitrogens with one attached hydrogen (secondary N) is 2. The Balaban J connectivity index is 1.72. The summed E-state index contributed by atoms with van der Waals surface area (Å²) in [5, 5.41) is 2.94. The molecule has 2 saturated carbocycles. The molecule has 0 aromatic carbocycles. The minimum absolute atomic E-state index is 0.149. The van der Waals surface area contributed by atoms with Gasteiger partial charge >= 0.3 is 0 Å². The normalized spacial score (nSPS) is 28.9. The van der Waals surface area contributed by atoms with Crippen LogP contribution < -0.4 is 10.0 Å². The maximum atomic E-state index is 11.6. The van der Waals surface area contributed by atoms with E-state index >= 15 is 0 Å². The first kappa shape index (κ1) is 13.8. The fourth-order valence-electron chi connectivity index (χ4n) is 2.83. The molecule has 0 aromatic rings. The van der Waals surface area contributed by atoms with E-state index in [1.54, 1.807) is 0 Å². The highest BCUT2D eigenvalue weighted by Crippen LogP contribution is 2.43. The van der Waals surface area contributed by atoms with Crippen LogP contribution >= 0.6 is 0 Å². The largest absolute Gasteiger partial charge is 0.352 e. The summed E-state index contributed by atoms with van der Waals surface area (Å²) in [6.45, 7) is -0.149. The van der Waals surface area contributed by atoms with Crippen molar-refractivity contribution in [2.75, 3.05) is 12.8 Å². The van der Waals surface area contributed by atoms with Gasteiger partial charge in [-0.2, -0.15) is 0 Å². The summed E-state index contributed by atoms with van der Waals surface area (Å²) in [7, 11) is -3.29. The highest BCUT2D eigenvalue weighted by molar-refractivity contribution is 7.88. The molecule has 6 heteroatoms. The van der Waals surface area contributed by atoms with Crippen LogP contribution in [0.25, 0.3) is 0 Å². The summed E-state index contributed by atoms with van der Waals surface area (Å²) in [6.07, 6.45) is 8.30. The zero-order chi connectivity index (χ0) is 13.2. The molecule has 0 aromatic heterocycles. The lowest BCUT2D eigenvalue weighted by molar-refractivity contribution is -0.121. The average Bonchev–Trinajstić information content (AvgIpc) is 3.10. The molecule has 2 rings (SSSR count). The summed E-state index contributed by atoms with van der Waals surface area (Å²) in [5.74, 6) is 1.44. The Kier molecular flexibility index (Phi) is 4.27. The SMILES string of the molecule is CS(=O)(=O)NCC(=O)NC1CCCC(C2CC2)C1. The quantitative estimate of drug-likeness (QED) is 0.772. The van der Waals surface area contributed by atoms with Crippen molar-refractivity contribution in [3.63, 3.8) is 0 Å². The molecule has 5 nitrogen and oxygen atoms in total. The third-order valence-electron chi connectivity index (χ3n) is 3.86. The van der Waals surface area contributed by atoms with Crippen LogP contribution in [0.1, 0.15) is 38.5 Å². The molecule has 2 aliphatic carbocycles. The van der Waals surface area contributed by atoms with Crippen LogP contribution in [0.5, 0.6) is 0 Å². The van der Waals surface area contributed by atoms with E-state index in [0.717, 1.165) is 30.9 Å². The van der Waals surface area contributed by atoms with Crippen LogP contribution in [0, 0.1) is 11.8 Å². The molecule has 1 amide bonds.